The van der Waals surface area contributed by atoms with Gasteiger partial charge in [-0.15, -0.1) is 0 Å². The van der Waals surface area contributed by atoms with Crippen LogP contribution in [0.3, 0.4) is 0 Å². The molecule has 2 aromatic rings. The minimum Gasteiger partial charge on any atom is -0.479 e. The fourth-order valence-corrected chi connectivity index (χ4v) is 3.26. The van der Waals surface area contributed by atoms with E-state index >= 15 is 0 Å². The maximum atomic E-state index is 12.4. The largest absolute Gasteiger partial charge is 0.479 e. The number of aliphatic carboxylic acids is 1. The van der Waals surface area contributed by atoms with Crippen molar-refractivity contribution in [2.75, 3.05) is 10.6 Å². The third-order valence-electron chi connectivity index (χ3n) is 4.43. The van der Waals surface area contributed by atoms with Crippen molar-refractivity contribution in [1.82, 2.24) is 0 Å². The second kappa shape index (κ2) is 10.1. The molecule has 0 saturated carbocycles. The number of rotatable bonds is 5. The molecule has 0 radical (unpaired) electrons. The number of halogens is 3. The molecule has 0 spiro atoms. The highest BCUT2D eigenvalue weighted by Crippen LogP contribution is 2.36. The Kier molecular flexibility index (Phi) is 7.67. The van der Waals surface area contributed by atoms with Gasteiger partial charge < -0.3 is 40.5 Å². The van der Waals surface area contributed by atoms with Crippen LogP contribution in [0.1, 0.15) is 0 Å². The molecular formula is C19H17Cl3N2O8. The zero-order chi connectivity index (χ0) is 23.6. The Morgan fingerprint density at radius 1 is 0.906 bits per heavy atom. The zero-order valence-corrected chi connectivity index (χ0v) is 18.2. The van der Waals surface area contributed by atoms with Crippen LogP contribution in [0.5, 0.6) is 5.75 Å². The molecule has 0 bridgehead atoms. The summed E-state index contributed by atoms with van der Waals surface area (Å²) in [6.45, 7) is 0. The molecular weight excluding hydrogens is 491 g/mol. The lowest BCUT2D eigenvalue weighted by molar-refractivity contribution is -0.271. The number of aliphatic hydroxyl groups is 3. The number of urea groups is 1. The molecule has 5 atom stereocenters. The molecule has 1 fully saturated rings. The number of aliphatic hydroxyl groups excluding tert-OH is 3. The van der Waals surface area contributed by atoms with Crippen molar-refractivity contribution in [3.05, 3.63) is 51.5 Å². The van der Waals surface area contributed by atoms with Gasteiger partial charge in [-0.1, -0.05) is 34.8 Å². The molecule has 1 aliphatic rings. The van der Waals surface area contributed by atoms with Crippen molar-refractivity contribution in [2.45, 2.75) is 30.7 Å². The summed E-state index contributed by atoms with van der Waals surface area (Å²) >= 11 is 17.8. The fraction of sp³-hybridized carbons (Fsp3) is 0.263. The quantitative estimate of drug-likeness (QED) is 0.360. The highest BCUT2D eigenvalue weighted by Gasteiger charge is 2.48. The van der Waals surface area contributed by atoms with E-state index in [1.165, 1.54) is 12.1 Å². The van der Waals surface area contributed by atoms with Crippen LogP contribution in [0.4, 0.5) is 16.2 Å². The first kappa shape index (κ1) is 24.3. The van der Waals surface area contributed by atoms with E-state index in [1.54, 1.807) is 24.3 Å². The Hall–Kier alpha value is -2.31. The van der Waals surface area contributed by atoms with Gasteiger partial charge in [0.1, 0.15) is 24.1 Å². The number of amides is 2. The molecule has 6 N–H and O–H groups in total. The second-order valence-electron chi connectivity index (χ2n) is 6.70. The second-order valence-corrected chi connectivity index (χ2v) is 7.95. The predicted octanol–water partition coefficient (Wildman–Crippen LogP) is 2.56. The predicted molar refractivity (Wildman–Crippen MR) is 116 cm³/mol. The van der Waals surface area contributed by atoms with Gasteiger partial charge in [-0.05, 0) is 30.3 Å². The zero-order valence-electron chi connectivity index (χ0n) is 15.9. The van der Waals surface area contributed by atoms with Crippen LogP contribution >= 0.6 is 34.8 Å². The Bertz CT molecular complexity index is 1010. The lowest BCUT2D eigenvalue weighted by atomic mass is 9.99. The third kappa shape index (κ3) is 5.54. The molecule has 13 heteroatoms. The van der Waals surface area contributed by atoms with Gasteiger partial charge in [0.05, 0.1) is 15.7 Å². The van der Waals surface area contributed by atoms with E-state index in [9.17, 15) is 24.9 Å². The monoisotopic (exact) mass is 506 g/mol. The van der Waals surface area contributed by atoms with Gasteiger partial charge in [-0.2, -0.15) is 0 Å². The Labute approximate surface area is 196 Å². The van der Waals surface area contributed by atoms with Crippen LogP contribution in [0, 0.1) is 0 Å². The SMILES string of the molecule is O=C(Nc1ccc(Cl)cc1)Nc1cc(Cl)c(Cl)cc1OC1O[C@H](C(=O)O)[C@@H](O)[C@H](O)[C@H]1O. The lowest BCUT2D eigenvalue weighted by Gasteiger charge is -2.38. The maximum absolute atomic E-state index is 12.4. The molecule has 2 amide bonds. The smallest absolute Gasteiger partial charge is 0.335 e. The number of carbonyl (C=O) groups excluding carboxylic acids is 1. The molecule has 0 aliphatic carbocycles. The summed E-state index contributed by atoms with van der Waals surface area (Å²) in [4.78, 5) is 23.7. The normalized spacial score (nSPS) is 25.1. The van der Waals surface area contributed by atoms with Crippen molar-refractivity contribution >= 4 is 58.2 Å². The van der Waals surface area contributed by atoms with Gasteiger partial charge in [0.25, 0.3) is 0 Å². The number of ether oxygens (including phenoxy) is 2. The molecule has 2 aromatic carbocycles. The van der Waals surface area contributed by atoms with Crippen molar-refractivity contribution in [1.29, 1.82) is 0 Å². The van der Waals surface area contributed by atoms with Crippen LogP contribution in [0.2, 0.25) is 15.1 Å². The van der Waals surface area contributed by atoms with Crippen LogP contribution in [-0.2, 0) is 9.53 Å². The number of anilines is 2. The van der Waals surface area contributed by atoms with Crippen molar-refractivity contribution < 1.29 is 39.5 Å². The van der Waals surface area contributed by atoms with Crippen LogP contribution in [0.25, 0.3) is 0 Å². The van der Waals surface area contributed by atoms with Crippen molar-refractivity contribution in [3.63, 3.8) is 0 Å². The van der Waals surface area contributed by atoms with Gasteiger partial charge in [-0.25, -0.2) is 9.59 Å². The first-order chi connectivity index (χ1) is 15.1. The standard InChI is InChI=1S/C19H17Cl3N2O8/c20-7-1-3-8(4-2-7)23-19(30)24-11-5-9(21)10(22)6-12(11)31-18-15(27)13(25)14(26)16(32-18)17(28)29/h1-6,13-16,18,25-27H,(H,28,29)(H2,23,24,30)/t13-,14-,15+,16-,18?/m0/s1. The Morgan fingerprint density at radius 2 is 1.53 bits per heavy atom. The maximum Gasteiger partial charge on any atom is 0.335 e. The highest BCUT2D eigenvalue weighted by atomic mass is 35.5. The van der Waals surface area contributed by atoms with Gasteiger partial charge >= 0.3 is 12.0 Å². The lowest BCUT2D eigenvalue weighted by Crippen LogP contribution is -2.61. The van der Waals surface area contributed by atoms with Gasteiger partial charge in [0.2, 0.25) is 6.29 Å². The molecule has 1 heterocycles. The summed E-state index contributed by atoms with van der Waals surface area (Å²) in [6, 6.07) is 8.05. The number of carboxylic acid groups (broad SMARTS) is 1. The van der Waals surface area contributed by atoms with Gasteiger partial charge in [0, 0.05) is 16.8 Å². The summed E-state index contributed by atoms with van der Waals surface area (Å²) in [5.74, 6) is -1.73. The number of benzene rings is 2. The highest BCUT2D eigenvalue weighted by molar-refractivity contribution is 6.42. The van der Waals surface area contributed by atoms with E-state index in [0.717, 1.165) is 0 Å². The molecule has 0 aromatic heterocycles. The molecule has 172 valence electrons. The summed E-state index contributed by atoms with van der Waals surface area (Å²) in [5.41, 5.74) is 0.427. The van der Waals surface area contributed by atoms with Crippen LogP contribution in [-0.4, -0.2) is 63.1 Å². The molecule has 1 unspecified atom stereocenters. The van der Waals surface area contributed by atoms with E-state index in [0.29, 0.717) is 10.7 Å². The topological polar surface area (TPSA) is 158 Å². The number of carbonyl (C=O) groups is 2. The fourth-order valence-electron chi connectivity index (χ4n) is 2.82. The Morgan fingerprint density at radius 3 is 2.16 bits per heavy atom. The van der Waals surface area contributed by atoms with E-state index < -0.39 is 42.7 Å². The van der Waals surface area contributed by atoms with E-state index in [-0.39, 0.29) is 21.5 Å². The van der Waals surface area contributed by atoms with E-state index in [2.05, 4.69) is 10.6 Å². The number of nitrogens with one attached hydrogen (secondary N) is 2. The number of carboxylic acids is 1. The third-order valence-corrected chi connectivity index (χ3v) is 5.40. The first-order valence-corrected chi connectivity index (χ1v) is 10.1. The molecule has 1 aliphatic heterocycles. The molecule has 3 rings (SSSR count). The first-order valence-electron chi connectivity index (χ1n) is 8.98. The van der Waals surface area contributed by atoms with Crippen LogP contribution in [0.15, 0.2) is 36.4 Å². The summed E-state index contributed by atoms with van der Waals surface area (Å²) in [7, 11) is 0. The van der Waals surface area contributed by atoms with Gasteiger partial charge in [-0.3, -0.25) is 0 Å². The van der Waals surface area contributed by atoms with Crippen molar-refractivity contribution in [2.24, 2.45) is 0 Å². The average Bonchev–Trinajstić information content (AvgIpc) is 2.73. The van der Waals surface area contributed by atoms with Gasteiger partial charge in [0.15, 0.2) is 6.10 Å². The average molecular weight is 508 g/mol. The number of hydrogen-bond acceptors (Lipinski definition) is 7. The molecule has 32 heavy (non-hydrogen) atoms. The van der Waals surface area contributed by atoms with E-state index in [4.69, 9.17) is 49.4 Å². The van der Waals surface area contributed by atoms with Crippen LogP contribution < -0.4 is 15.4 Å². The van der Waals surface area contributed by atoms with E-state index in [1.807, 2.05) is 0 Å². The van der Waals surface area contributed by atoms with Crippen molar-refractivity contribution in [3.8, 4) is 5.75 Å². The summed E-state index contributed by atoms with van der Waals surface area (Å²) in [6.07, 6.45) is -9.16. The minimum absolute atomic E-state index is 0.00542. The summed E-state index contributed by atoms with van der Waals surface area (Å²) < 4.78 is 10.6. The number of hydrogen-bond donors (Lipinski definition) is 6. The summed E-state index contributed by atoms with van der Waals surface area (Å²) in [5, 5.41) is 44.7. The Balaban J connectivity index is 1.82. The molecule has 10 nitrogen and oxygen atoms in total. The molecule has 1 saturated heterocycles. The minimum atomic E-state index is -1.89.